The predicted octanol–water partition coefficient (Wildman–Crippen LogP) is 1.74. The molecule has 1 aliphatic rings. The summed E-state index contributed by atoms with van der Waals surface area (Å²) in [5, 5.41) is 14.1. The van der Waals surface area contributed by atoms with Crippen molar-refractivity contribution in [1.82, 2.24) is 15.3 Å². The van der Waals surface area contributed by atoms with Gasteiger partial charge in [0.2, 0.25) is 5.95 Å². The number of piperidine rings is 1. The number of aromatic nitrogens is 2. The third-order valence-electron chi connectivity index (χ3n) is 3.46. The van der Waals surface area contributed by atoms with E-state index < -0.39 is 4.92 Å². The zero-order valence-corrected chi connectivity index (χ0v) is 11.8. The van der Waals surface area contributed by atoms with Gasteiger partial charge >= 0.3 is 5.69 Å². The molecule has 0 radical (unpaired) electrons. The van der Waals surface area contributed by atoms with E-state index in [0.29, 0.717) is 12.0 Å². The van der Waals surface area contributed by atoms with E-state index in [9.17, 15) is 10.1 Å². The van der Waals surface area contributed by atoms with Crippen LogP contribution in [0, 0.1) is 10.1 Å². The standard InChI is InChI=1S/C13H21N5O2/c1-2-7-17(10-11-5-3-4-6-14-11)13-15-8-12(9-16-13)18(19)20/h8-9,11,14H,2-7,10H2,1H3. The monoisotopic (exact) mass is 279 g/mol. The van der Waals surface area contributed by atoms with Crippen molar-refractivity contribution in [3.8, 4) is 0 Å². The van der Waals surface area contributed by atoms with Gasteiger partial charge in [0.05, 0.1) is 4.92 Å². The molecule has 0 amide bonds. The minimum atomic E-state index is -0.476. The van der Waals surface area contributed by atoms with Gasteiger partial charge in [-0.25, -0.2) is 9.97 Å². The van der Waals surface area contributed by atoms with Crippen LogP contribution in [-0.2, 0) is 0 Å². The molecule has 1 unspecified atom stereocenters. The van der Waals surface area contributed by atoms with Crippen molar-refractivity contribution in [2.24, 2.45) is 0 Å². The van der Waals surface area contributed by atoms with Crippen LogP contribution < -0.4 is 10.2 Å². The van der Waals surface area contributed by atoms with Crippen LogP contribution in [0.4, 0.5) is 11.6 Å². The molecule has 1 atom stereocenters. The molecule has 1 aromatic heterocycles. The minimum Gasteiger partial charge on any atom is -0.339 e. The Hall–Kier alpha value is -1.76. The molecule has 0 spiro atoms. The summed E-state index contributed by atoms with van der Waals surface area (Å²) in [6, 6.07) is 0.453. The molecule has 0 aliphatic carbocycles. The third-order valence-corrected chi connectivity index (χ3v) is 3.46. The van der Waals surface area contributed by atoms with E-state index in [4.69, 9.17) is 0 Å². The summed E-state index contributed by atoms with van der Waals surface area (Å²) in [4.78, 5) is 20.5. The van der Waals surface area contributed by atoms with Crippen molar-refractivity contribution in [3.63, 3.8) is 0 Å². The quantitative estimate of drug-likeness (QED) is 0.630. The van der Waals surface area contributed by atoms with Crippen molar-refractivity contribution >= 4 is 11.6 Å². The highest BCUT2D eigenvalue weighted by Crippen LogP contribution is 2.15. The van der Waals surface area contributed by atoms with E-state index >= 15 is 0 Å². The van der Waals surface area contributed by atoms with Crippen LogP contribution in [-0.4, -0.2) is 40.6 Å². The molecule has 7 heteroatoms. The summed E-state index contributed by atoms with van der Waals surface area (Å²) in [5.74, 6) is 0.574. The molecule has 20 heavy (non-hydrogen) atoms. The highest BCUT2D eigenvalue weighted by atomic mass is 16.6. The smallest absolute Gasteiger partial charge is 0.305 e. The Morgan fingerprint density at radius 2 is 2.20 bits per heavy atom. The Morgan fingerprint density at radius 3 is 2.75 bits per heavy atom. The molecular formula is C13H21N5O2. The molecule has 1 fully saturated rings. The first kappa shape index (κ1) is 14.6. The van der Waals surface area contributed by atoms with Gasteiger partial charge in [-0.2, -0.15) is 0 Å². The second-order valence-corrected chi connectivity index (χ2v) is 5.09. The molecule has 2 rings (SSSR count). The third kappa shape index (κ3) is 3.86. The van der Waals surface area contributed by atoms with Gasteiger partial charge in [0.15, 0.2) is 0 Å². The zero-order chi connectivity index (χ0) is 14.4. The second kappa shape index (κ2) is 7.14. The van der Waals surface area contributed by atoms with Gasteiger partial charge in [-0.3, -0.25) is 10.1 Å². The van der Waals surface area contributed by atoms with Crippen molar-refractivity contribution in [2.45, 2.75) is 38.6 Å². The Labute approximate surface area is 118 Å². The Morgan fingerprint density at radius 1 is 1.45 bits per heavy atom. The lowest BCUT2D eigenvalue weighted by Crippen LogP contribution is -2.44. The average molecular weight is 279 g/mol. The highest BCUT2D eigenvalue weighted by molar-refractivity contribution is 5.34. The normalized spacial score (nSPS) is 18.8. The number of rotatable bonds is 6. The summed E-state index contributed by atoms with van der Waals surface area (Å²) in [7, 11) is 0. The van der Waals surface area contributed by atoms with Crippen LogP contribution in [0.15, 0.2) is 12.4 Å². The van der Waals surface area contributed by atoms with Crippen LogP contribution in [0.25, 0.3) is 0 Å². The lowest BCUT2D eigenvalue weighted by Gasteiger charge is -2.30. The molecule has 1 saturated heterocycles. The number of anilines is 1. The number of nitrogens with one attached hydrogen (secondary N) is 1. The maximum atomic E-state index is 10.6. The molecule has 1 aliphatic heterocycles. The Kier molecular flexibility index (Phi) is 5.23. The zero-order valence-electron chi connectivity index (χ0n) is 11.8. The van der Waals surface area contributed by atoms with E-state index in [1.807, 2.05) is 0 Å². The van der Waals surface area contributed by atoms with E-state index in [-0.39, 0.29) is 5.69 Å². The first-order valence-corrected chi connectivity index (χ1v) is 7.15. The molecule has 1 N–H and O–H groups in total. The lowest BCUT2D eigenvalue weighted by molar-refractivity contribution is -0.385. The van der Waals surface area contributed by atoms with Gasteiger partial charge in [0, 0.05) is 19.1 Å². The van der Waals surface area contributed by atoms with Crippen LogP contribution in [0.5, 0.6) is 0 Å². The molecule has 1 aromatic rings. The van der Waals surface area contributed by atoms with Gasteiger partial charge in [0.1, 0.15) is 12.4 Å². The Bertz CT molecular complexity index is 431. The van der Waals surface area contributed by atoms with E-state index in [1.165, 1.54) is 25.2 Å². The average Bonchev–Trinajstić information content (AvgIpc) is 2.48. The van der Waals surface area contributed by atoms with Gasteiger partial charge < -0.3 is 10.2 Å². The van der Waals surface area contributed by atoms with Crippen LogP contribution in [0.2, 0.25) is 0 Å². The van der Waals surface area contributed by atoms with Gasteiger partial charge in [0.25, 0.3) is 0 Å². The maximum absolute atomic E-state index is 10.6. The maximum Gasteiger partial charge on any atom is 0.305 e. The van der Waals surface area contributed by atoms with E-state index in [2.05, 4.69) is 27.1 Å². The number of nitro groups is 1. The van der Waals surface area contributed by atoms with E-state index in [0.717, 1.165) is 32.5 Å². The van der Waals surface area contributed by atoms with Crippen LogP contribution in [0.1, 0.15) is 32.6 Å². The largest absolute Gasteiger partial charge is 0.339 e. The summed E-state index contributed by atoms with van der Waals surface area (Å²) < 4.78 is 0. The highest BCUT2D eigenvalue weighted by Gasteiger charge is 2.18. The molecular weight excluding hydrogens is 258 g/mol. The Balaban J connectivity index is 2.04. The fourth-order valence-corrected chi connectivity index (χ4v) is 2.46. The topological polar surface area (TPSA) is 84.2 Å². The van der Waals surface area contributed by atoms with Crippen LogP contribution >= 0.6 is 0 Å². The molecule has 7 nitrogen and oxygen atoms in total. The fourth-order valence-electron chi connectivity index (χ4n) is 2.46. The number of hydrogen-bond acceptors (Lipinski definition) is 6. The summed E-state index contributed by atoms with van der Waals surface area (Å²) in [6.07, 6.45) is 7.19. The van der Waals surface area contributed by atoms with Crippen molar-refractivity contribution in [3.05, 3.63) is 22.5 Å². The van der Waals surface area contributed by atoms with Crippen LogP contribution in [0.3, 0.4) is 0 Å². The first-order valence-electron chi connectivity index (χ1n) is 7.15. The van der Waals surface area contributed by atoms with Crippen molar-refractivity contribution in [1.29, 1.82) is 0 Å². The molecule has 0 bridgehead atoms. The number of nitrogens with zero attached hydrogens (tertiary/aromatic N) is 4. The fraction of sp³-hybridized carbons (Fsp3) is 0.692. The second-order valence-electron chi connectivity index (χ2n) is 5.09. The molecule has 0 saturated carbocycles. The molecule has 110 valence electrons. The molecule has 2 heterocycles. The minimum absolute atomic E-state index is 0.0685. The van der Waals surface area contributed by atoms with Gasteiger partial charge in [-0.1, -0.05) is 13.3 Å². The summed E-state index contributed by atoms with van der Waals surface area (Å²) >= 11 is 0. The summed E-state index contributed by atoms with van der Waals surface area (Å²) in [5.41, 5.74) is -0.0685. The van der Waals surface area contributed by atoms with E-state index in [1.54, 1.807) is 0 Å². The van der Waals surface area contributed by atoms with Crippen molar-refractivity contribution in [2.75, 3.05) is 24.5 Å². The molecule has 0 aromatic carbocycles. The lowest BCUT2D eigenvalue weighted by atomic mass is 10.0. The number of hydrogen-bond donors (Lipinski definition) is 1. The SMILES string of the molecule is CCCN(CC1CCCCN1)c1ncc([N+](=O)[O-])cn1. The van der Waals surface area contributed by atoms with Gasteiger partial charge in [-0.05, 0) is 25.8 Å². The van der Waals surface area contributed by atoms with Crippen molar-refractivity contribution < 1.29 is 4.92 Å². The first-order chi connectivity index (χ1) is 9.70. The van der Waals surface area contributed by atoms with Gasteiger partial charge in [-0.15, -0.1) is 0 Å². The summed E-state index contributed by atoms with van der Waals surface area (Å²) in [6.45, 7) is 4.88. The predicted molar refractivity (Wildman–Crippen MR) is 76.8 cm³/mol.